The van der Waals surface area contributed by atoms with Crippen LogP contribution >= 0.6 is 0 Å². The largest absolute Gasteiger partial charge is 0.294 e. The molecule has 0 N–H and O–H groups in total. The van der Waals surface area contributed by atoms with Crippen molar-refractivity contribution in [2.45, 2.75) is 51.9 Å². The van der Waals surface area contributed by atoms with Gasteiger partial charge in [-0.1, -0.05) is 75.8 Å². The van der Waals surface area contributed by atoms with Crippen LogP contribution in [0.2, 0.25) is 0 Å². The highest BCUT2D eigenvalue weighted by molar-refractivity contribution is 5.96. The van der Waals surface area contributed by atoms with E-state index in [0.717, 1.165) is 24.3 Å². The Bertz CT molecular complexity index is 362. The van der Waals surface area contributed by atoms with E-state index in [-0.39, 0.29) is 0 Å². The van der Waals surface area contributed by atoms with Crippen LogP contribution in [-0.2, 0) is 0 Å². The Hall–Kier alpha value is -1.11. The van der Waals surface area contributed by atoms with Crippen molar-refractivity contribution in [2.75, 3.05) is 0 Å². The van der Waals surface area contributed by atoms with Crippen molar-refractivity contribution in [2.24, 2.45) is 11.8 Å². The van der Waals surface area contributed by atoms with Gasteiger partial charge in [0, 0.05) is 12.0 Å². The summed E-state index contributed by atoms with van der Waals surface area (Å²) in [6.45, 7) is 2.23. The van der Waals surface area contributed by atoms with E-state index in [4.69, 9.17) is 0 Å². The second kappa shape index (κ2) is 6.72. The third-order valence-corrected chi connectivity index (χ3v) is 4.38. The molecule has 1 aromatic carbocycles. The van der Waals surface area contributed by atoms with Crippen LogP contribution in [0.25, 0.3) is 0 Å². The van der Waals surface area contributed by atoms with Crippen LogP contribution in [-0.4, -0.2) is 5.78 Å². The van der Waals surface area contributed by atoms with Gasteiger partial charge in [0.15, 0.2) is 5.78 Å². The minimum absolute atomic E-state index is 0.327. The molecule has 1 aliphatic rings. The number of carbonyl (C=O) groups excluding carboxylic acids is 1. The molecule has 1 saturated carbocycles. The van der Waals surface area contributed by atoms with Crippen molar-refractivity contribution >= 4 is 5.78 Å². The molecule has 1 aliphatic carbocycles. The highest BCUT2D eigenvalue weighted by Crippen LogP contribution is 2.34. The molecular weight excluding hydrogens is 220 g/mol. The van der Waals surface area contributed by atoms with E-state index in [1.54, 1.807) is 0 Å². The number of ketones is 1. The Morgan fingerprint density at radius 1 is 1.17 bits per heavy atom. The van der Waals surface area contributed by atoms with Gasteiger partial charge in [-0.15, -0.1) is 0 Å². The summed E-state index contributed by atoms with van der Waals surface area (Å²) in [6, 6.07) is 9.75. The Morgan fingerprint density at radius 3 is 2.44 bits per heavy atom. The van der Waals surface area contributed by atoms with Crippen LogP contribution in [0.4, 0.5) is 0 Å². The molecule has 98 valence electrons. The first-order valence-electron chi connectivity index (χ1n) is 7.39. The van der Waals surface area contributed by atoms with E-state index in [1.807, 2.05) is 30.3 Å². The minimum Gasteiger partial charge on any atom is -0.294 e. The summed E-state index contributed by atoms with van der Waals surface area (Å²) < 4.78 is 0. The monoisotopic (exact) mass is 244 g/mol. The summed E-state index contributed by atoms with van der Waals surface area (Å²) in [6.07, 6.45) is 8.66. The van der Waals surface area contributed by atoms with Gasteiger partial charge in [-0.25, -0.2) is 0 Å². The Kier molecular flexibility index (Phi) is 4.98. The second-order valence-corrected chi connectivity index (χ2v) is 5.56. The average Bonchev–Trinajstić information content (AvgIpc) is 2.46. The average molecular weight is 244 g/mol. The molecule has 0 radical (unpaired) electrons. The number of hydrogen-bond donors (Lipinski definition) is 0. The first-order valence-corrected chi connectivity index (χ1v) is 7.39. The molecule has 1 nitrogen and oxygen atoms in total. The maximum absolute atomic E-state index is 12.3. The van der Waals surface area contributed by atoms with Crippen LogP contribution in [0.5, 0.6) is 0 Å². The maximum atomic E-state index is 12.3. The Balaban J connectivity index is 1.95. The zero-order valence-electron chi connectivity index (χ0n) is 11.4. The van der Waals surface area contributed by atoms with Gasteiger partial charge in [-0.2, -0.15) is 0 Å². The molecule has 0 bridgehead atoms. The van der Waals surface area contributed by atoms with Gasteiger partial charge in [0.2, 0.25) is 0 Å². The van der Waals surface area contributed by atoms with Crippen molar-refractivity contribution in [1.29, 1.82) is 0 Å². The van der Waals surface area contributed by atoms with Crippen molar-refractivity contribution in [1.82, 2.24) is 0 Å². The Labute approximate surface area is 111 Å². The number of hydrogen-bond acceptors (Lipinski definition) is 1. The summed E-state index contributed by atoms with van der Waals surface area (Å²) in [4.78, 5) is 12.3. The quantitative estimate of drug-likeness (QED) is 0.676. The van der Waals surface area contributed by atoms with Crippen LogP contribution in [0.1, 0.15) is 62.2 Å². The van der Waals surface area contributed by atoms with E-state index in [0.29, 0.717) is 11.7 Å². The van der Waals surface area contributed by atoms with Crippen LogP contribution in [0, 0.1) is 11.8 Å². The molecule has 0 aliphatic heterocycles. The van der Waals surface area contributed by atoms with Crippen LogP contribution in [0.3, 0.4) is 0 Å². The van der Waals surface area contributed by atoms with Crippen molar-refractivity contribution in [3.8, 4) is 0 Å². The third-order valence-electron chi connectivity index (χ3n) is 4.38. The van der Waals surface area contributed by atoms with E-state index in [1.165, 1.54) is 32.1 Å². The summed E-state index contributed by atoms with van der Waals surface area (Å²) >= 11 is 0. The summed E-state index contributed by atoms with van der Waals surface area (Å²) in [7, 11) is 0. The lowest BCUT2D eigenvalue weighted by Gasteiger charge is -2.29. The highest BCUT2D eigenvalue weighted by Gasteiger charge is 2.24. The fourth-order valence-electron chi connectivity index (χ4n) is 3.23. The number of rotatable bonds is 5. The first kappa shape index (κ1) is 13.3. The standard InChI is InChI=1S/C17H24O/c1-2-14(15-9-5-3-6-10-15)13-17(18)16-11-7-4-8-12-16/h4,7-8,11-12,14-15H,2-3,5-6,9-10,13H2,1H3/t14-/m1/s1. The predicted molar refractivity (Wildman–Crippen MR) is 75.7 cm³/mol. The molecule has 18 heavy (non-hydrogen) atoms. The van der Waals surface area contributed by atoms with Gasteiger partial charge >= 0.3 is 0 Å². The summed E-state index contributed by atoms with van der Waals surface area (Å²) in [5.41, 5.74) is 0.881. The Morgan fingerprint density at radius 2 is 1.83 bits per heavy atom. The molecular formula is C17H24O. The lowest BCUT2D eigenvalue weighted by atomic mass is 9.76. The van der Waals surface area contributed by atoms with E-state index < -0.39 is 0 Å². The molecule has 0 spiro atoms. The fraction of sp³-hybridized carbons (Fsp3) is 0.588. The molecule has 1 heteroatoms. The molecule has 0 aromatic heterocycles. The van der Waals surface area contributed by atoms with Crippen LogP contribution in [0.15, 0.2) is 30.3 Å². The van der Waals surface area contributed by atoms with Gasteiger partial charge in [0.05, 0.1) is 0 Å². The van der Waals surface area contributed by atoms with Gasteiger partial charge in [-0.3, -0.25) is 4.79 Å². The second-order valence-electron chi connectivity index (χ2n) is 5.56. The molecule has 0 unspecified atom stereocenters. The maximum Gasteiger partial charge on any atom is 0.163 e. The molecule has 2 rings (SSSR count). The van der Waals surface area contributed by atoms with E-state index >= 15 is 0 Å². The number of carbonyl (C=O) groups is 1. The zero-order valence-corrected chi connectivity index (χ0v) is 11.4. The van der Waals surface area contributed by atoms with Gasteiger partial charge in [0.25, 0.3) is 0 Å². The predicted octanol–water partition coefficient (Wildman–Crippen LogP) is 4.87. The smallest absolute Gasteiger partial charge is 0.163 e. The normalized spacial score (nSPS) is 18.5. The highest BCUT2D eigenvalue weighted by atomic mass is 16.1. The van der Waals surface area contributed by atoms with Gasteiger partial charge < -0.3 is 0 Å². The van der Waals surface area contributed by atoms with Crippen LogP contribution < -0.4 is 0 Å². The lowest BCUT2D eigenvalue weighted by molar-refractivity contribution is 0.0928. The van der Waals surface area contributed by atoms with E-state index in [9.17, 15) is 4.79 Å². The van der Waals surface area contributed by atoms with E-state index in [2.05, 4.69) is 6.92 Å². The summed E-state index contributed by atoms with van der Waals surface area (Å²) in [5, 5.41) is 0. The third kappa shape index (κ3) is 3.44. The van der Waals surface area contributed by atoms with Crippen molar-refractivity contribution < 1.29 is 4.79 Å². The number of Topliss-reactive ketones (excluding diaryl/α,β-unsaturated/α-hetero) is 1. The molecule has 1 fully saturated rings. The SMILES string of the molecule is CC[C@H](CC(=O)c1ccccc1)C1CCCCC1. The lowest BCUT2D eigenvalue weighted by Crippen LogP contribution is -2.20. The molecule has 0 heterocycles. The van der Waals surface area contributed by atoms with Gasteiger partial charge in [-0.05, 0) is 11.8 Å². The van der Waals surface area contributed by atoms with Gasteiger partial charge in [0.1, 0.15) is 0 Å². The first-order chi connectivity index (χ1) is 8.81. The molecule has 1 atom stereocenters. The minimum atomic E-state index is 0.327. The molecule has 0 amide bonds. The number of benzene rings is 1. The summed E-state index contributed by atoms with van der Waals surface area (Å²) in [5.74, 6) is 1.71. The fourth-order valence-corrected chi connectivity index (χ4v) is 3.23. The topological polar surface area (TPSA) is 17.1 Å². The molecule has 0 saturated heterocycles. The van der Waals surface area contributed by atoms with Crippen molar-refractivity contribution in [3.05, 3.63) is 35.9 Å². The zero-order chi connectivity index (χ0) is 12.8. The van der Waals surface area contributed by atoms with Crippen molar-refractivity contribution in [3.63, 3.8) is 0 Å². The molecule has 1 aromatic rings.